The lowest BCUT2D eigenvalue weighted by atomic mass is 10.2. The van der Waals surface area contributed by atoms with Gasteiger partial charge in [0.25, 0.3) is 5.91 Å². The van der Waals surface area contributed by atoms with Crippen LogP contribution in [-0.4, -0.2) is 11.8 Å². The molecule has 1 heterocycles. The molecule has 2 amide bonds. The van der Waals surface area contributed by atoms with Crippen molar-refractivity contribution in [3.05, 3.63) is 21.9 Å². The summed E-state index contributed by atoms with van der Waals surface area (Å²) in [7, 11) is 0. The zero-order chi connectivity index (χ0) is 10.7. The molecular weight excluding hydrogens is 202 g/mol. The highest BCUT2D eigenvalue weighted by molar-refractivity contribution is 7.14. The van der Waals surface area contributed by atoms with Gasteiger partial charge in [0.05, 0.1) is 4.88 Å². The van der Waals surface area contributed by atoms with Crippen molar-refractivity contribution in [2.24, 2.45) is 17.2 Å². The highest BCUT2D eigenvalue weighted by Crippen LogP contribution is 2.23. The van der Waals surface area contributed by atoms with Gasteiger partial charge in [0, 0.05) is 17.3 Å². The summed E-state index contributed by atoms with van der Waals surface area (Å²) in [4.78, 5) is 22.5. The second-order valence-corrected chi connectivity index (χ2v) is 3.96. The quantitative estimate of drug-likeness (QED) is 0.639. The fourth-order valence-corrected chi connectivity index (χ4v) is 1.86. The topological polar surface area (TPSA) is 112 Å². The van der Waals surface area contributed by atoms with Gasteiger partial charge >= 0.3 is 0 Å². The molecule has 0 saturated heterocycles. The van der Waals surface area contributed by atoms with Crippen molar-refractivity contribution in [3.8, 4) is 0 Å². The first-order chi connectivity index (χ1) is 6.50. The monoisotopic (exact) mass is 213 g/mol. The second-order valence-electron chi connectivity index (χ2n) is 2.84. The molecule has 0 saturated carbocycles. The first kappa shape index (κ1) is 10.7. The number of carbonyl (C=O) groups is 2. The maximum Gasteiger partial charge on any atom is 0.258 e. The molecule has 0 aromatic carbocycles. The summed E-state index contributed by atoms with van der Waals surface area (Å²) in [6.07, 6.45) is 0.0682. The van der Waals surface area contributed by atoms with Crippen LogP contribution in [0.2, 0.25) is 0 Å². The van der Waals surface area contributed by atoms with E-state index in [-0.39, 0.29) is 6.42 Å². The number of thiophene rings is 1. The Hall–Kier alpha value is -1.40. The van der Waals surface area contributed by atoms with Crippen molar-refractivity contribution in [2.75, 3.05) is 0 Å². The summed E-state index contributed by atoms with van der Waals surface area (Å²) in [6, 6.07) is 2.81. The Bertz CT molecular complexity index is 361. The normalized spacial score (nSPS) is 12.4. The van der Waals surface area contributed by atoms with Crippen LogP contribution in [0.25, 0.3) is 0 Å². The van der Waals surface area contributed by atoms with Gasteiger partial charge in [0.1, 0.15) is 0 Å². The van der Waals surface area contributed by atoms with Gasteiger partial charge < -0.3 is 17.2 Å². The number of carbonyl (C=O) groups excluding carboxylic acids is 2. The Kier molecular flexibility index (Phi) is 3.21. The van der Waals surface area contributed by atoms with E-state index in [9.17, 15) is 9.59 Å². The molecule has 0 bridgehead atoms. The van der Waals surface area contributed by atoms with Crippen molar-refractivity contribution >= 4 is 23.2 Å². The Morgan fingerprint density at radius 3 is 2.43 bits per heavy atom. The third-order valence-electron chi connectivity index (χ3n) is 1.66. The van der Waals surface area contributed by atoms with E-state index in [1.165, 1.54) is 11.3 Å². The van der Waals surface area contributed by atoms with E-state index in [0.717, 1.165) is 4.88 Å². The van der Waals surface area contributed by atoms with Gasteiger partial charge in [-0.05, 0) is 12.1 Å². The first-order valence-corrected chi connectivity index (χ1v) is 4.75. The number of hydrogen-bond acceptors (Lipinski definition) is 4. The van der Waals surface area contributed by atoms with E-state index < -0.39 is 17.9 Å². The summed E-state index contributed by atoms with van der Waals surface area (Å²) in [5.41, 5.74) is 15.7. The Morgan fingerprint density at radius 1 is 1.36 bits per heavy atom. The number of nitrogens with two attached hydrogens (primary N) is 3. The van der Waals surface area contributed by atoms with Crippen LogP contribution in [0.5, 0.6) is 0 Å². The minimum atomic E-state index is -0.493. The van der Waals surface area contributed by atoms with E-state index in [0.29, 0.717) is 4.88 Å². The fraction of sp³-hybridized carbons (Fsp3) is 0.250. The summed E-state index contributed by atoms with van der Waals surface area (Å²) in [5.74, 6) is -0.959. The molecule has 76 valence electrons. The van der Waals surface area contributed by atoms with Gasteiger partial charge in [-0.15, -0.1) is 11.3 Å². The van der Waals surface area contributed by atoms with Crippen LogP contribution in [0.1, 0.15) is 27.0 Å². The number of rotatable bonds is 4. The standard InChI is InChI=1S/C8H11N3O2S/c9-4(3-7(10)12)5-1-2-6(14-5)8(11)13/h1-2,4H,3,9H2,(H2,10,12)(H2,11,13). The lowest BCUT2D eigenvalue weighted by Gasteiger charge is -2.05. The molecule has 0 aliphatic heterocycles. The zero-order valence-electron chi connectivity index (χ0n) is 7.40. The van der Waals surface area contributed by atoms with Crippen LogP contribution in [0.3, 0.4) is 0 Å². The molecule has 6 N–H and O–H groups in total. The maximum atomic E-state index is 10.8. The lowest BCUT2D eigenvalue weighted by Crippen LogP contribution is -2.19. The Morgan fingerprint density at radius 2 is 2.00 bits per heavy atom. The van der Waals surface area contributed by atoms with Gasteiger partial charge in [0.2, 0.25) is 5.91 Å². The average Bonchev–Trinajstić information content (AvgIpc) is 2.50. The van der Waals surface area contributed by atoms with E-state index in [1.807, 2.05) is 0 Å². The van der Waals surface area contributed by atoms with E-state index in [1.54, 1.807) is 12.1 Å². The van der Waals surface area contributed by atoms with E-state index in [2.05, 4.69) is 0 Å². The Balaban J connectivity index is 2.76. The van der Waals surface area contributed by atoms with Gasteiger partial charge in [-0.1, -0.05) is 0 Å². The molecule has 1 aromatic heterocycles. The highest BCUT2D eigenvalue weighted by Gasteiger charge is 2.13. The summed E-state index contributed by atoms with van der Waals surface area (Å²) in [6.45, 7) is 0. The predicted octanol–water partition coefficient (Wildman–Crippen LogP) is -0.278. The molecule has 1 unspecified atom stereocenters. The van der Waals surface area contributed by atoms with Crippen LogP contribution in [0.4, 0.5) is 0 Å². The van der Waals surface area contributed by atoms with Crippen molar-refractivity contribution in [1.29, 1.82) is 0 Å². The third kappa shape index (κ3) is 2.54. The van der Waals surface area contributed by atoms with Crippen molar-refractivity contribution in [1.82, 2.24) is 0 Å². The van der Waals surface area contributed by atoms with Crippen molar-refractivity contribution in [3.63, 3.8) is 0 Å². The second kappa shape index (κ2) is 4.21. The van der Waals surface area contributed by atoms with Crippen LogP contribution in [-0.2, 0) is 4.79 Å². The van der Waals surface area contributed by atoms with Crippen molar-refractivity contribution in [2.45, 2.75) is 12.5 Å². The maximum absolute atomic E-state index is 10.8. The molecule has 1 atom stereocenters. The lowest BCUT2D eigenvalue weighted by molar-refractivity contribution is -0.118. The molecular formula is C8H11N3O2S. The predicted molar refractivity (Wildman–Crippen MR) is 53.6 cm³/mol. The number of amides is 2. The molecule has 14 heavy (non-hydrogen) atoms. The van der Waals surface area contributed by atoms with Crippen LogP contribution in [0, 0.1) is 0 Å². The molecule has 1 rings (SSSR count). The molecule has 6 heteroatoms. The van der Waals surface area contributed by atoms with Crippen LogP contribution >= 0.6 is 11.3 Å². The largest absolute Gasteiger partial charge is 0.370 e. The zero-order valence-corrected chi connectivity index (χ0v) is 8.21. The highest BCUT2D eigenvalue weighted by atomic mass is 32.1. The van der Waals surface area contributed by atoms with Crippen molar-refractivity contribution < 1.29 is 9.59 Å². The average molecular weight is 213 g/mol. The summed E-state index contributed by atoms with van der Waals surface area (Å²) in [5, 5.41) is 0. The first-order valence-electron chi connectivity index (χ1n) is 3.94. The molecule has 0 radical (unpaired) electrons. The van der Waals surface area contributed by atoms with Crippen LogP contribution in [0.15, 0.2) is 12.1 Å². The third-order valence-corrected chi connectivity index (χ3v) is 2.89. The van der Waals surface area contributed by atoms with Crippen LogP contribution < -0.4 is 17.2 Å². The Labute approximate surface area is 84.9 Å². The smallest absolute Gasteiger partial charge is 0.258 e. The summed E-state index contributed by atoms with van der Waals surface area (Å²) >= 11 is 1.18. The molecule has 1 aromatic rings. The summed E-state index contributed by atoms with van der Waals surface area (Å²) < 4.78 is 0. The molecule has 0 aliphatic carbocycles. The van der Waals surface area contributed by atoms with E-state index in [4.69, 9.17) is 17.2 Å². The van der Waals surface area contributed by atoms with Gasteiger partial charge in [-0.2, -0.15) is 0 Å². The molecule has 5 nitrogen and oxygen atoms in total. The molecule has 0 spiro atoms. The van der Waals surface area contributed by atoms with Gasteiger partial charge in [-0.3, -0.25) is 9.59 Å². The molecule has 0 aliphatic rings. The minimum Gasteiger partial charge on any atom is -0.370 e. The van der Waals surface area contributed by atoms with Gasteiger partial charge in [0.15, 0.2) is 0 Å². The number of primary amides is 2. The minimum absolute atomic E-state index is 0.0682. The number of hydrogen-bond donors (Lipinski definition) is 3. The SMILES string of the molecule is NC(=O)CC(N)c1ccc(C(N)=O)s1. The fourth-order valence-electron chi connectivity index (χ4n) is 1.00. The van der Waals surface area contributed by atoms with E-state index >= 15 is 0 Å². The molecule has 0 fully saturated rings. The van der Waals surface area contributed by atoms with Gasteiger partial charge in [-0.25, -0.2) is 0 Å².